The second kappa shape index (κ2) is 6.34. The van der Waals surface area contributed by atoms with Gasteiger partial charge in [0, 0.05) is 32.4 Å². The molecule has 0 aromatic heterocycles. The minimum Gasteiger partial charge on any atom is -0.342 e. The van der Waals surface area contributed by atoms with Gasteiger partial charge in [0.1, 0.15) is 5.78 Å². The monoisotopic (exact) mass is 245 g/mol. The molecule has 96 valence electrons. The van der Waals surface area contributed by atoms with Crippen molar-refractivity contribution in [1.29, 1.82) is 0 Å². The number of carbonyl (C=O) groups excluding carboxylic acids is 2. The lowest BCUT2D eigenvalue weighted by atomic mass is 10.1. The van der Waals surface area contributed by atoms with Crippen molar-refractivity contribution in [1.82, 2.24) is 4.90 Å². The molecule has 1 aliphatic heterocycles. The summed E-state index contributed by atoms with van der Waals surface area (Å²) in [5.74, 6) is 0.460. The summed E-state index contributed by atoms with van der Waals surface area (Å²) in [5, 5.41) is 0. The minimum absolute atomic E-state index is 0.175. The maximum Gasteiger partial charge on any atom is 0.222 e. The number of likely N-dealkylation sites (tertiary alicyclic amines) is 1. The SMILES string of the molecule is O=C1CCCN(C(=O)CCc2ccccc2)CC1. The highest BCUT2D eigenvalue weighted by Crippen LogP contribution is 2.10. The van der Waals surface area contributed by atoms with E-state index in [-0.39, 0.29) is 11.7 Å². The van der Waals surface area contributed by atoms with Gasteiger partial charge < -0.3 is 4.90 Å². The summed E-state index contributed by atoms with van der Waals surface area (Å²) in [6.07, 6.45) is 3.29. The van der Waals surface area contributed by atoms with Crippen LogP contribution in [-0.2, 0) is 16.0 Å². The van der Waals surface area contributed by atoms with Crippen LogP contribution in [0.2, 0.25) is 0 Å². The molecule has 3 nitrogen and oxygen atoms in total. The zero-order chi connectivity index (χ0) is 12.8. The molecule has 0 radical (unpaired) electrons. The molecule has 1 aromatic carbocycles. The van der Waals surface area contributed by atoms with Crippen LogP contribution in [-0.4, -0.2) is 29.7 Å². The smallest absolute Gasteiger partial charge is 0.222 e. The topological polar surface area (TPSA) is 37.4 Å². The Hall–Kier alpha value is -1.64. The summed E-state index contributed by atoms with van der Waals surface area (Å²) in [7, 11) is 0. The summed E-state index contributed by atoms with van der Waals surface area (Å²) in [6.45, 7) is 1.34. The molecule has 1 aromatic rings. The maximum absolute atomic E-state index is 12.0. The number of Topliss-reactive ketones (excluding diaryl/α,β-unsaturated/α-hetero) is 1. The molecular formula is C15H19NO2. The molecule has 0 saturated carbocycles. The van der Waals surface area contributed by atoms with Crippen LogP contribution in [0.25, 0.3) is 0 Å². The van der Waals surface area contributed by atoms with Crippen LogP contribution >= 0.6 is 0 Å². The van der Waals surface area contributed by atoms with Crippen LogP contribution in [0, 0.1) is 0 Å². The van der Waals surface area contributed by atoms with E-state index in [4.69, 9.17) is 0 Å². The van der Waals surface area contributed by atoms with Gasteiger partial charge in [0.05, 0.1) is 0 Å². The number of hydrogen-bond acceptors (Lipinski definition) is 2. The second-order valence-electron chi connectivity index (χ2n) is 4.76. The fraction of sp³-hybridized carbons (Fsp3) is 0.467. The highest BCUT2D eigenvalue weighted by Gasteiger charge is 2.18. The number of carbonyl (C=O) groups is 2. The average Bonchev–Trinajstić information content (AvgIpc) is 2.62. The second-order valence-corrected chi connectivity index (χ2v) is 4.76. The van der Waals surface area contributed by atoms with Crippen LogP contribution < -0.4 is 0 Å². The number of amides is 1. The van der Waals surface area contributed by atoms with E-state index in [1.165, 1.54) is 5.56 Å². The molecule has 0 unspecified atom stereocenters. The lowest BCUT2D eigenvalue weighted by Gasteiger charge is -2.19. The summed E-state index contributed by atoms with van der Waals surface area (Å²) < 4.78 is 0. The molecule has 1 heterocycles. The largest absolute Gasteiger partial charge is 0.342 e. The van der Waals surface area contributed by atoms with Crippen molar-refractivity contribution in [2.24, 2.45) is 0 Å². The van der Waals surface area contributed by atoms with E-state index >= 15 is 0 Å². The van der Waals surface area contributed by atoms with Gasteiger partial charge in [0.15, 0.2) is 0 Å². The molecule has 1 saturated heterocycles. The fourth-order valence-electron chi connectivity index (χ4n) is 2.27. The van der Waals surface area contributed by atoms with Gasteiger partial charge in [0.2, 0.25) is 5.91 Å². The van der Waals surface area contributed by atoms with Crippen LogP contribution in [0.1, 0.15) is 31.2 Å². The van der Waals surface area contributed by atoms with Gasteiger partial charge in [-0.05, 0) is 18.4 Å². The van der Waals surface area contributed by atoms with Gasteiger partial charge in [-0.25, -0.2) is 0 Å². The van der Waals surface area contributed by atoms with E-state index in [9.17, 15) is 9.59 Å². The van der Waals surface area contributed by atoms with Gasteiger partial charge >= 0.3 is 0 Å². The summed E-state index contributed by atoms with van der Waals surface area (Å²) in [5.41, 5.74) is 1.19. The normalized spacial score (nSPS) is 16.4. The number of nitrogens with zero attached hydrogens (tertiary/aromatic N) is 1. The third-order valence-corrected chi connectivity index (χ3v) is 3.37. The zero-order valence-corrected chi connectivity index (χ0v) is 10.6. The molecule has 0 atom stereocenters. The number of hydrogen-bond donors (Lipinski definition) is 0. The van der Waals surface area contributed by atoms with E-state index in [1.807, 2.05) is 35.2 Å². The number of aryl methyl sites for hydroxylation is 1. The van der Waals surface area contributed by atoms with Crippen LogP contribution in [0.4, 0.5) is 0 Å². The van der Waals surface area contributed by atoms with Crippen molar-refractivity contribution < 1.29 is 9.59 Å². The molecule has 0 bridgehead atoms. The standard InChI is InChI=1S/C15H19NO2/c17-14-7-4-11-16(12-10-14)15(18)9-8-13-5-2-1-3-6-13/h1-3,5-6H,4,7-12H2. The zero-order valence-electron chi connectivity index (χ0n) is 10.6. The number of benzene rings is 1. The van der Waals surface area contributed by atoms with E-state index < -0.39 is 0 Å². The van der Waals surface area contributed by atoms with E-state index in [0.717, 1.165) is 19.4 Å². The van der Waals surface area contributed by atoms with Crippen molar-refractivity contribution in [3.05, 3.63) is 35.9 Å². The summed E-state index contributed by atoms with van der Waals surface area (Å²) >= 11 is 0. The lowest BCUT2D eigenvalue weighted by Crippen LogP contribution is -2.32. The first kappa shape index (κ1) is 12.8. The first-order valence-electron chi connectivity index (χ1n) is 6.59. The van der Waals surface area contributed by atoms with Gasteiger partial charge in [-0.2, -0.15) is 0 Å². The first-order chi connectivity index (χ1) is 8.75. The molecule has 0 aliphatic carbocycles. The Morgan fingerprint density at radius 3 is 2.67 bits per heavy atom. The Labute approximate surface area is 108 Å². The van der Waals surface area contributed by atoms with Crippen molar-refractivity contribution in [2.45, 2.75) is 32.1 Å². The number of rotatable bonds is 3. The van der Waals surface area contributed by atoms with Gasteiger partial charge in [-0.3, -0.25) is 9.59 Å². The van der Waals surface area contributed by atoms with Crippen molar-refractivity contribution in [3.63, 3.8) is 0 Å². The van der Waals surface area contributed by atoms with E-state index in [2.05, 4.69) is 0 Å². The molecule has 1 aliphatic rings. The molecule has 0 N–H and O–H groups in total. The van der Waals surface area contributed by atoms with Gasteiger partial charge in [0.25, 0.3) is 0 Å². The molecule has 3 heteroatoms. The third kappa shape index (κ3) is 3.69. The van der Waals surface area contributed by atoms with Crippen molar-refractivity contribution in [3.8, 4) is 0 Å². The maximum atomic E-state index is 12.0. The van der Waals surface area contributed by atoms with Crippen molar-refractivity contribution >= 4 is 11.7 Å². The summed E-state index contributed by atoms with van der Waals surface area (Å²) in [4.78, 5) is 25.2. The lowest BCUT2D eigenvalue weighted by molar-refractivity contribution is -0.131. The Morgan fingerprint density at radius 1 is 1.11 bits per heavy atom. The fourth-order valence-corrected chi connectivity index (χ4v) is 2.27. The molecule has 1 amide bonds. The minimum atomic E-state index is 0.175. The highest BCUT2D eigenvalue weighted by atomic mass is 16.2. The molecule has 2 rings (SSSR count). The summed E-state index contributed by atoms with van der Waals surface area (Å²) in [6, 6.07) is 10.0. The Bertz CT molecular complexity index is 414. The first-order valence-corrected chi connectivity index (χ1v) is 6.59. The highest BCUT2D eigenvalue weighted by molar-refractivity contribution is 5.81. The van der Waals surface area contributed by atoms with Crippen LogP contribution in [0.3, 0.4) is 0 Å². The molecule has 18 heavy (non-hydrogen) atoms. The van der Waals surface area contributed by atoms with E-state index in [0.29, 0.717) is 25.8 Å². The third-order valence-electron chi connectivity index (χ3n) is 3.37. The van der Waals surface area contributed by atoms with Crippen LogP contribution in [0.5, 0.6) is 0 Å². The van der Waals surface area contributed by atoms with Gasteiger partial charge in [-0.15, -0.1) is 0 Å². The molecular weight excluding hydrogens is 226 g/mol. The van der Waals surface area contributed by atoms with Crippen LogP contribution in [0.15, 0.2) is 30.3 Å². The van der Waals surface area contributed by atoms with E-state index in [1.54, 1.807) is 0 Å². The molecule has 1 fully saturated rings. The van der Waals surface area contributed by atoms with Gasteiger partial charge in [-0.1, -0.05) is 30.3 Å². The predicted octanol–water partition coefficient (Wildman–Crippen LogP) is 2.20. The Balaban J connectivity index is 1.82. The predicted molar refractivity (Wildman–Crippen MR) is 70.2 cm³/mol. The number of ketones is 1. The Morgan fingerprint density at radius 2 is 1.89 bits per heavy atom. The Kier molecular flexibility index (Phi) is 4.51. The quantitative estimate of drug-likeness (QED) is 0.818. The van der Waals surface area contributed by atoms with Crippen molar-refractivity contribution in [2.75, 3.05) is 13.1 Å². The average molecular weight is 245 g/mol. The molecule has 0 spiro atoms.